The maximum absolute atomic E-state index is 13.6. The normalized spacial score (nSPS) is 10.9. The fourth-order valence-electron chi connectivity index (χ4n) is 3.45. The van der Waals surface area contributed by atoms with Crippen molar-refractivity contribution in [3.63, 3.8) is 0 Å². The standard InChI is InChI=1S/C26H28N2O7S/c1-17-6-11-21(12-7-17)36(31,32)28(20-10-13-23(33-3)24(15-20)34-4)16-25(29)27-22-14-19(26(30)35-5)9-8-18(22)2/h6-15H,16H2,1-5H3,(H,27,29). The molecule has 1 amide bonds. The number of carbonyl (C=O) groups excluding carboxylic acids is 2. The summed E-state index contributed by atoms with van der Waals surface area (Å²) in [7, 11) is 0.0284. The first-order valence-corrected chi connectivity index (χ1v) is 12.3. The fourth-order valence-corrected chi connectivity index (χ4v) is 4.87. The molecule has 190 valence electrons. The van der Waals surface area contributed by atoms with Crippen molar-refractivity contribution in [2.75, 3.05) is 37.5 Å². The topological polar surface area (TPSA) is 111 Å². The lowest BCUT2D eigenvalue weighted by Crippen LogP contribution is -2.38. The highest BCUT2D eigenvalue weighted by Crippen LogP contribution is 2.34. The van der Waals surface area contributed by atoms with E-state index in [2.05, 4.69) is 5.32 Å². The van der Waals surface area contributed by atoms with Gasteiger partial charge in [-0.3, -0.25) is 9.10 Å². The Morgan fingerprint density at radius 3 is 2.14 bits per heavy atom. The van der Waals surface area contributed by atoms with Gasteiger partial charge in [0.05, 0.1) is 37.5 Å². The summed E-state index contributed by atoms with van der Waals surface area (Å²) in [6.45, 7) is 3.07. The van der Waals surface area contributed by atoms with Gasteiger partial charge in [-0.2, -0.15) is 0 Å². The number of hydrogen-bond donors (Lipinski definition) is 1. The van der Waals surface area contributed by atoms with Crippen molar-refractivity contribution < 1.29 is 32.2 Å². The van der Waals surface area contributed by atoms with E-state index in [1.807, 2.05) is 6.92 Å². The van der Waals surface area contributed by atoms with Gasteiger partial charge in [-0.25, -0.2) is 13.2 Å². The quantitative estimate of drug-likeness (QED) is 0.432. The second-order valence-electron chi connectivity index (χ2n) is 7.93. The van der Waals surface area contributed by atoms with E-state index in [-0.39, 0.29) is 16.1 Å². The molecular weight excluding hydrogens is 484 g/mol. The minimum atomic E-state index is -4.14. The van der Waals surface area contributed by atoms with Crippen molar-refractivity contribution in [3.8, 4) is 11.5 Å². The molecule has 36 heavy (non-hydrogen) atoms. The molecule has 0 radical (unpaired) electrons. The SMILES string of the molecule is COC(=O)c1ccc(C)c(NC(=O)CN(c2ccc(OC)c(OC)c2)S(=O)(=O)c2ccc(C)cc2)c1. The highest BCUT2D eigenvalue weighted by molar-refractivity contribution is 7.92. The van der Waals surface area contributed by atoms with Gasteiger partial charge in [-0.05, 0) is 55.8 Å². The van der Waals surface area contributed by atoms with Crippen LogP contribution in [0.1, 0.15) is 21.5 Å². The van der Waals surface area contributed by atoms with E-state index in [4.69, 9.17) is 14.2 Å². The number of methoxy groups -OCH3 is 3. The molecule has 0 aliphatic heterocycles. The largest absolute Gasteiger partial charge is 0.493 e. The predicted octanol–water partition coefficient (Wildman–Crippen LogP) is 3.94. The minimum Gasteiger partial charge on any atom is -0.493 e. The molecule has 9 nitrogen and oxygen atoms in total. The van der Waals surface area contributed by atoms with Crippen LogP contribution in [0.25, 0.3) is 0 Å². The minimum absolute atomic E-state index is 0.0274. The van der Waals surface area contributed by atoms with E-state index in [1.54, 1.807) is 37.3 Å². The molecule has 0 fully saturated rings. The summed E-state index contributed by atoms with van der Waals surface area (Å²) in [6.07, 6.45) is 0. The number of benzene rings is 3. The van der Waals surface area contributed by atoms with Crippen LogP contribution in [0.2, 0.25) is 0 Å². The molecule has 0 heterocycles. The van der Waals surface area contributed by atoms with Crippen LogP contribution in [0.5, 0.6) is 11.5 Å². The maximum Gasteiger partial charge on any atom is 0.337 e. The summed E-state index contributed by atoms with van der Waals surface area (Å²) in [6, 6.07) is 15.6. The zero-order valence-corrected chi connectivity index (χ0v) is 21.5. The van der Waals surface area contributed by atoms with E-state index in [0.29, 0.717) is 22.7 Å². The van der Waals surface area contributed by atoms with Crippen LogP contribution in [0.3, 0.4) is 0 Å². The zero-order valence-electron chi connectivity index (χ0n) is 20.7. The molecule has 0 bridgehead atoms. The number of aryl methyl sites for hydroxylation is 2. The van der Waals surface area contributed by atoms with Gasteiger partial charge >= 0.3 is 5.97 Å². The highest BCUT2D eigenvalue weighted by Gasteiger charge is 2.28. The van der Waals surface area contributed by atoms with Crippen LogP contribution in [0.15, 0.2) is 65.6 Å². The highest BCUT2D eigenvalue weighted by atomic mass is 32.2. The van der Waals surface area contributed by atoms with Crippen molar-refractivity contribution in [1.82, 2.24) is 0 Å². The lowest BCUT2D eigenvalue weighted by Gasteiger charge is -2.25. The van der Waals surface area contributed by atoms with E-state index in [0.717, 1.165) is 9.87 Å². The lowest BCUT2D eigenvalue weighted by atomic mass is 10.1. The van der Waals surface area contributed by atoms with E-state index in [9.17, 15) is 18.0 Å². The number of sulfonamides is 1. The number of hydrogen-bond acceptors (Lipinski definition) is 7. The summed E-state index contributed by atoms with van der Waals surface area (Å²) in [5.41, 5.74) is 2.41. The first kappa shape index (κ1) is 26.6. The van der Waals surface area contributed by atoms with Crippen LogP contribution >= 0.6 is 0 Å². The Bertz CT molecular complexity index is 1370. The molecular formula is C26H28N2O7S. The Kier molecular flexibility index (Phi) is 8.21. The summed E-state index contributed by atoms with van der Waals surface area (Å²) in [5, 5.41) is 2.70. The molecule has 0 aromatic heterocycles. The maximum atomic E-state index is 13.6. The first-order chi connectivity index (χ1) is 17.1. The van der Waals surface area contributed by atoms with Gasteiger partial charge in [-0.15, -0.1) is 0 Å². The Labute approximate surface area is 210 Å². The molecule has 3 aromatic rings. The van der Waals surface area contributed by atoms with Gasteiger partial charge in [-0.1, -0.05) is 23.8 Å². The average molecular weight is 513 g/mol. The third kappa shape index (κ3) is 5.77. The molecule has 0 atom stereocenters. The number of nitrogens with one attached hydrogen (secondary N) is 1. The number of nitrogens with zero attached hydrogens (tertiary/aromatic N) is 1. The molecule has 1 N–H and O–H groups in total. The van der Waals surface area contributed by atoms with Crippen molar-refractivity contribution in [3.05, 3.63) is 77.4 Å². The summed E-state index contributed by atoms with van der Waals surface area (Å²) < 4.78 is 43.6. The van der Waals surface area contributed by atoms with Gasteiger partial charge < -0.3 is 19.5 Å². The zero-order chi connectivity index (χ0) is 26.5. The predicted molar refractivity (Wildman–Crippen MR) is 136 cm³/mol. The summed E-state index contributed by atoms with van der Waals surface area (Å²) in [4.78, 5) is 25.1. The van der Waals surface area contributed by atoms with Gasteiger partial charge in [0.15, 0.2) is 11.5 Å². The molecule has 0 saturated heterocycles. The van der Waals surface area contributed by atoms with Gasteiger partial charge in [0.25, 0.3) is 10.0 Å². The van der Waals surface area contributed by atoms with E-state index >= 15 is 0 Å². The Morgan fingerprint density at radius 1 is 0.861 bits per heavy atom. The van der Waals surface area contributed by atoms with Crippen LogP contribution < -0.4 is 19.1 Å². The van der Waals surface area contributed by atoms with Crippen LogP contribution in [-0.2, 0) is 19.6 Å². The molecule has 0 unspecified atom stereocenters. The Balaban J connectivity index is 2.01. The molecule has 3 aromatic carbocycles. The lowest BCUT2D eigenvalue weighted by molar-refractivity contribution is -0.114. The molecule has 0 saturated carbocycles. The average Bonchev–Trinajstić information content (AvgIpc) is 2.87. The second kappa shape index (κ2) is 11.1. The van der Waals surface area contributed by atoms with Crippen molar-refractivity contribution in [1.29, 1.82) is 0 Å². The van der Waals surface area contributed by atoms with Gasteiger partial charge in [0, 0.05) is 11.8 Å². The number of amides is 1. The summed E-state index contributed by atoms with van der Waals surface area (Å²) >= 11 is 0. The number of anilines is 2. The van der Waals surface area contributed by atoms with Crippen LogP contribution in [0.4, 0.5) is 11.4 Å². The molecule has 0 spiro atoms. The van der Waals surface area contributed by atoms with E-state index in [1.165, 1.54) is 51.7 Å². The second-order valence-corrected chi connectivity index (χ2v) is 9.80. The first-order valence-electron chi connectivity index (χ1n) is 10.9. The molecule has 3 rings (SSSR count). The number of ether oxygens (including phenoxy) is 3. The molecule has 10 heteroatoms. The van der Waals surface area contributed by atoms with Crippen LogP contribution in [0, 0.1) is 13.8 Å². The third-order valence-corrected chi connectivity index (χ3v) is 7.27. The van der Waals surface area contributed by atoms with E-state index < -0.39 is 28.4 Å². The smallest absolute Gasteiger partial charge is 0.337 e. The van der Waals surface area contributed by atoms with Gasteiger partial charge in [0.2, 0.25) is 5.91 Å². The van der Waals surface area contributed by atoms with Crippen molar-refractivity contribution in [2.45, 2.75) is 18.7 Å². The Morgan fingerprint density at radius 2 is 1.53 bits per heavy atom. The van der Waals surface area contributed by atoms with Crippen LogP contribution in [-0.4, -0.2) is 48.2 Å². The number of esters is 1. The monoisotopic (exact) mass is 512 g/mol. The number of rotatable bonds is 9. The van der Waals surface area contributed by atoms with Crippen molar-refractivity contribution >= 4 is 33.3 Å². The Hall–Kier alpha value is -4.05. The number of carbonyl (C=O) groups is 2. The fraction of sp³-hybridized carbons (Fsp3) is 0.231. The van der Waals surface area contributed by atoms with Gasteiger partial charge in [0.1, 0.15) is 6.54 Å². The third-order valence-electron chi connectivity index (χ3n) is 5.48. The molecule has 0 aliphatic carbocycles. The molecule has 0 aliphatic rings. The summed E-state index contributed by atoms with van der Waals surface area (Å²) in [5.74, 6) is -0.445. The van der Waals surface area contributed by atoms with Crippen molar-refractivity contribution in [2.24, 2.45) is 0 Å².